The van der Waals surface area contributed by atoms with Crippen molar-refractivity contribution < 1.29 is 24.3 Å². The van der Waals surface area contributed by atoms with Crippen LogP contribution in [0.4, 0.5) is 4.79 Å². The molecular formula is C10H16N4O5. The molecule has 0 aromatic heterocycles. The predicted octanol–water partition coefficient (Wildman–Crippen LogP) is -2.11. The number of rotatable bonds is 7. The topological polar surface area (TPSA) is 151 Å². The molecule has 4 amide bonds. The normalized spacial score (nSPS) is 15.2. The zero-order valence-electron chi connectivity index (χ0n) is 10.1. The van der Waals surface area contributed by atoms with Crippen LogP contribution < -0.4 is 21.7 Å². The van der Waals surface area contributed by atoms with Crippen molar-refractivity contribution in [2.24, 2.45) is 5.73 Å². The van der Waals surface area contributed by atoms with E-state index in [1.807, 2.05) is 5.32 Å². The Balaban J connectivity index is 2.28. The number of urea groups is 1. The fourth-order valence-corrected chi connectivity index (χ4v) is 1.28. The Morgan fingerprint density at radius 1 is 1.26 bits per heavy atom. The number of aliphatic carboxylic acids is 1. The fraction of sp³-hybridized carbons (Fsp3) is 0.600. The Morgan fingerprint density at radius 2 is 1.89 bits per heavy atom. The lowest BCUT2D eigenvalue weighted by atomic mass is 10.2. The highest BCUT2D eigenvalue weighted by Gasteiger charge is 2.24. The predicted molar refractivity (Wildman–Crippen MR) is 62.9 cm³/mol. The first kappa shape index (κ1) is 14.7. The van der Waals surface area contributed by atoms with Crippen LogP contribution in [0.1, 0.15) is 19.3 Å². The van der Waals surface area contributed by atoms with Gasteiger partial charge in [-0.1, -0.05) is 0 Å². The van der Waals surface area contributed by atoms with E-state index in [0.717, 1.165) is 12.8 Å². The zero-order valence-corrected chi connectivity index (χ0v) is 10.1. The summed E-state index contributed by atoms with van der Waals surface area (Å²) in [5.41, 5.74) is 4.85. The zero-order chi connectivity index (χ0) is 14.4. The van der Waals surface area contributed by atoms with E-state index in [-0.39, 0.29) is 18.5 Å². The summed E-state index contributed by atoms with van der Waals surface area (Å²) >= 11 is 0. The number of amides is 4. The minimum Gasteiger partial charge on any atom is -0.480 e. The SMILES string of the molecule is NC(=O)C[C@@H](NC(=O)NCC(=O)NC1CC1)C(=O)O. The van der Waals surface area contributed by atoms with Crippen LogP contribution in [-0.4, -0.2) is 47.5 Å². The average Bonchev–Trinajstić information content (AvgIpc) is 3.08. The minimum atomic E-state index is -1.41. The molecular weight excluding hydrogens is 256 g/mol. The second-order valence-electron chi connectivity index (χ2n) is 4.23. The van der Waals surface area contributed by atoms with Crippen LogP contribution in [0.3, 0.4) is 0 Å². The molecule has 1 aliphatic rings. The summed E-state index contributed by atoms with van der Waals surface area (Å²) in [6.45, 7) is -0.259. The third kappa shape index (κ3) is 6.24. The van der Waals surface area contributed by atoms with Crippen LogP contribution in [0.2, 0.25) is 0 Å². The van der Waals surface area contributed by atoms with Crippen molar-refractivity contribution >= 4 is 23.8 Å². The van der Waals surface area contributed by atoms with E-state index in [2.05, 4.69) is 10.6 Å². The van der Waals surface area contributed by atoms with Gasteiger partial charge in [-0.2, -0.15) is 0 Å². The van der Waals surface area contributed by atoms with Crippen LogP contribution in [0.5, 0.6) is 0 Å². The summed E-state index contributed by atoms with van der Waals surface area (Å²) in [6, 6.07) is -2.08. The molecule has 1 fully saturated rings. The van der Waals surface area contributed by atoms with E-state index in [9.17, 15) is 19.2 Å². The molecule has 0 bridgehead atoms. The number of hydrogen-bond donors (Lipinski definition) is 5. The molecule has 0 unspecified atom stereocenters. The molecule has 6 N–H and O–H groups in total. The molecule has 0 aliphatic heterocycles. The van der Waals surface area contributed by atoms with Crippen molar-refractivity contribution in [3.8, 4) is 0 Å². The first-order valence-electron chi connectivity index (χ1n) is 5.73. The van der Waals surface area contributed by atoms with Gasteiger partial charge in [0.15, 0.2) is 0 Å². The molecule has 1 saturated carbocycles. The lowest BCUT2D eigenvalue weighted by Gasteiger charge is -2.13. The molecule has 0 aromatic rings. The highest BCUT2D eigenvalue weighted by atomic mass is 16.4. The number of primary amides is 1. The van der Waals surface area contributed by atoms with E-state index < -0.39 is 30.4 Å². The maximum Gasteiger partial charge on any atom is 0.326 e. The molecule has 1 rings (SSSR count). The largest absolute Gasteiger partial charge is 0.480 e. The third-order valence-electron chi connectivity index (χ3n) is 2.36. The first-order chi connectivity index (χ1) is 8.88. The molecule has 0 aromatic carbocycles. The van der Waals surface area contributed by atoms with Crippen molar-refractivity contribution in [2.45, 2.75) is 31.3 Å². The van der Waals surface area contributed by atoms with Crippen LogP contribution in [0, 0.1) is 0 Å². The number of carboxylic acids is 1. The summed E-state index contributed by atoms with van der Waals surface area (Å²) in [7, 11) is 0. The Bertz CT molecular complexity index is 393. The van der Waals surface area contributed by atoms with Gasteiger partial charge >= 0.3 is 12.0 Å². The second kappa shape index (κ2) is 6.57. The van der Waals surface area contributed by atoms with E-state index in [4.69, 9.17) is 10.8 Å². The number of nitrogens with one attached hydrogen (secondary N) is 3. The van der Waals surface area contributed by atoms with Gasteiger partial charge in [0.25, 0.3) is 0 Å². The second-order valence-corrected chi connectivity index (χ2v) is 4.23. The standard InChI is InChI=1S/C10H16N4O5/c11-7(15)3-6(9(17)18)14-10(19)12-4-8(16)13-5-1-2-5/h5-6H,1-4H2,(H2,11,15)(H,13,16)(H,17,18)(H2,12,14,19)/t6-/m1/s1. The Morgan fingerprint density at radius 3 is 2.37 bits per heavy atom. The fourth-order valence-electron chi connectivity index (χ4n) is 1.28. The molecule has 9 heteroatoms. The highest BCUT2D eigenvalue weighted by molar-refractivity contribution is 5.89. The van der Waals surface area contributed by atoms with E-state index >= 15 is 0 Å². The number of carboxylic acid groups (broad SMARTS) is 1. The van der Waals surface area contributed by atoms with Gasteiger partial charge in [0, 0.05) is 6.04 Å². The Kier molecular flexibility index (Phi) is 5.10. The molecule has 0 spiro atoms. The number of carbonyl (C=O) groups excluding carboxylic acids is 3. The monoisotopic (exact) mass is 272 g/mol. The summed E-state index contributed by atoms with van der Waals surface area (Å²) in [4.78, 5) is 43.9. The molecule has 9 nitrogen and oxygen atoms in total. The number of carbonyl (C=O) groups is 4. The maximum absolute atomic E-state index is 11.3. The third-order valence-corrected chi connectivity index (χ3v) is 2.36. The van der Waals surface area contributed by atoms with Gasteiger partial charge < -0.3 is 26.8 Å². The van der Waals surface area contributed by atoms with Crippen molar-refractivity contribution in [3.63, 3.8) is 0 Å². The Labute approximate surface area is 108 Å². The van der Waals surface area contributed by atoms with E-state index in [1.165, 1.54) is 0 Å². The maximum atomic E-state index is 11.3. The molecule has 1 atom stereocenters. The van der Waals surface area contributed by atoms with Crippen LogP contribution in [0.25, 0.3) is 0 Å². The van der Waals surface area contributed by atoms with Crippen LogP contribution >= 0.6 is 0 Å². The first-order valence-corrected chi connectivity index (χ1v) is 5.73. The quantitative estimate of drug-likeness (QED) is 0.359. The van der Waals surface area contributed by atoms with Gasteiger partial charge in [-0.25, -0.2) is 9.59 Å². The Hall–Kier alpha value is -2.32. The molecule has 1 aliphatic carbocycles. The van der Waals surface area contributed by atoms with Gasteiger partial charge in [0.2, 0.25) is 11.8 Å². The summed E-state index contributed by atoms with van der Waals surface area (Å²) < 4.78 is 0. The van der Waals surface area contributed by atoms with Crippen LogP contribution in [0.15, 0.2) is 0 Å². The van der Waals surface area contributed by atoms with E-state index in [0.29, 0.717) is 0 Å². The lowest BCUT2D eigenvalue weighted by Crippen LogP contribution is -2.49. The molecule has 0 heterocycles. The molecule has 0 saturated heterocycles. The van der Waals surface area contributed by atoms with Crippen molar-refractivity contribution in [2.75, 3.05) is 6.54 Å². The lowest BCUT2D eigenvalue weighted by molar-refractivity contribution is -0.140. The van der Waals surface area contributed by atoms with Gasteiger partial charge in [-0.3, -0.25) is 9.59 Å². The minimum absolute atomic E-state index is 0.180. The summed E-state index contributed by atoms with van der Waals surface area (Å²) in [5, 5.41) is 15.6. The molecule has 106 valence electrons. The molecule has 19 heavy (non-hydrogen) atoms. The van der Waals surface area contributed by atoms with Gasteiger partial charge in [-0.05, 0) is 12.8 Å². The van der Waals surface area contributed by atoms with Crippen molar-refractivity contribution in [1.29, 1.82) is 0 Å². The summed E-state index contributed by atoms with van der Waals surface area (Å²) in [6.07, 6.45) is 1.34. The van der Waals surface area contributed by atoms with Crippen LogP contribution in [-0.2, 0) is 14.4 Å². The van der Waals surface area contributed by atoms with Gasteiger partial charge in [0.05, 0.1) is 13.0 Å². The average molecular weight is 272 g/mol. The van der Waals surface area contributed by atoms with Crippen molar-refractivity contribution in [1.82, 2.24) is 16.0 Å². The number of nitrogens with two attached hydrogens (primary N) is 1. The van der Waals surface area contributed by atoms with E-state index in [1.54, 1.807) is 0 Å². The molecule has 0 radical (unpaired) electrons. The summed E-state index contributed by atoms with van der Waals surface area (Å²) in [5.74, 6) is -2.57. The van der Waals surface area contributed by atoms with Crippen molar-refractivity contribution in [3.05, 3.63) is 0 Å². The van der Waals surface area contributed by atoms with Gasteiger partial charge in [-0.15, -0.1) is 0 Å². The number of hydrogen-bond acceptors (Lipinski definition) is 4. The van der Waals surface area contributed by atoms with Gasteiger partial charge in [0.1, 0.15) is 6.04 Å². The highest BCUT2D eigenvalue weighted by Crippen LogP contribution is 2.18. The smallest absolute Gasteiger partial charge is 0.326 e.